The second-order valence-corrected chi connectivity index (χ2v) is 8.31. The van der Waals surface area contributed by atoms with E-state index in [0.717, 1.165) is 4.68 Å². The van der Waals surface area contributed by atoms with Gasteiger partial charge in [-0.2, -0.15) is 0 Å². The SMILES string of the molecule is CC(C)NC(=O)CCn1c(=O)c2ccccc2n2c(=O)n(CC(=O)N(C)c3ccccc3)nc12. The van der Waals surface area contributed by atoms with Crippen LogP contribution in [0, 0.1) is 0 Å². The van der Waals surface area contributed by atoms with Gasteiger partial charge < -0.3 is 10.2 Å². The van der Waals surface area contributed by atoms with Crippen LogP contribution < -0.4 is 21.5 Å². The predicted octanol–water partition coefficient (Wildman–Crippen LogP) is 1.39. The number of hydrogen-bond donors (Lipinski definition) is 1. The Morgan fingerprint density at radius 2 is 1.71 bits per heavy atom. The van der Waals surface area contributed by atoms with Crippen LogP contribution in [0.15, 0.2) is 64.2 Å². The van der Waals surface area contributed by atoms with Gasteiger partial charge in [0.25, 0.3) is 5.56 Å². The number of hydrogen-bond acceptors (Lipinski definition) is 5. The van der Waals surface area contributed by atoms with E-state index < -0.39 is 5.69 Å². The summed E-state index contributed by atoms with van der Waals surface area (Å²) in [5, 5.41) is 7.45. The third kappa shape index (κ3) is 4.34. The van der Waals surface area contributed by atoms with E-state index >= 15 is 0 Å². The van der Waals surface area contributed by atoms with Crippen LogP contribution in [0.5, 0.6) is 0 Å². The van der Waals surface area contributed by atoms with Crippen molar-refractivity contribution in [2.45, 2.75) is 39.4 Å². The van der Waals surface area contributed by atoms with Crippen molar-refractivity contribution < 1.29 is 9.59 Å². The minimum absolute atomic E-state index is 0.0321. The van der Waals surface area contributed by atoms with E-state index in [-0.39, 0.29) is 48.7 Å². The first kappa shape index (κ1) is 23.0. The highest BCUT2D eigenvalue weighted by Crippen LogP contribution is 2.13. The maximum atomic E-state index is 13.3. The number of fused-ring (bicyclic) bond motifs is 3. The summed E-state index contributed by atoms with van der Waals surface area (Å²) in [6.07, 6.45) is 0.0445. The van der Waals surface area contributed by atoms with Crippen LogP contribution in [0.3, 0.4) is 0 Å². The molecule has 2 aromatic heterocycles. The quantitative estimate of drug-likeness (QED) is 0.446. The van der Waals surface area contributed by atoms with Gasteiger partial charge in [-0.05, 0) is 38.1 Å². The molecule has 0 fully saturated rings. The monoisotopic (exact) mass is 462 g/mol. The molecule has 0 saturated heterocycles. The van der Waals surface area contributed by atoms with Crippen LogP contribution in [0.2, 0.25) is 0 Å². The number of para-hydroxylation sites is 2. The van der Waals surface area contributed by atoms with Gasteiger partial charge in [-0.15, -0.1) is 5.10 Å². The highest BCUT2D eigenvalue weighted by Gasteiger charge is 2.20. The molecule has 4 rings (SSSR count). The highest BCUT2D eigenvalue weighted by atomic mass is 16.2. The van der Waals surface area contributed by atoms with Gasteiger partial charge in [0.2, 0.25) is 17.6 Å². The second kappa shape index (κ2) is 9.34. The van der Waals surface area contributed by atoms with Crippen molar-refractivity contribution in [1.29, 1.82) is 0 Å². The Balaban J connectivity index is 1.77. The Bertz CT molecular complexity index is 1480. The molecule has 0 atom stereocenters. The van der Waals surface area contributed by atoms with E-state index in [9.17, 15) is 19.2 Å². The van der Waals surface area contributed by atoms with Crippen LogP contribution in [-0.2, 0) is 22.7 Å². The summed E-state index contributed by atoms with van der Waals surface area (Å²) >= 11 is 0. The Labute approximate surface area is 195 Å². The molecule has 2 heterocycles. The third-order valence-corrected chi connectivity index (χ3v) is 5.50. The number of carbonyl (C=O) groups excluding carboxylic acids is 2. The Morgan fingerprint density at radius 1 is 1.03 bits per heavy atom. The van der Waals surface area contributed by atoms with Gasteiger partial charge in [0.1, 0.15) is 6.54 Å². The molecule has 4 aromatic rings. The fourth-order valence-electron chi connectivity index (χ4n) is 3.81. The van der Waals surface area contributed by atoms with Crippen molar-refractivity contribution in [1.82, 2.24) is 24.1 Å². The maximum absolute atomic E-state index is 13.3. The van der Waals surface area contributed by atoms with Crippen LogP contribution in [0.1, 0.15) is 20.3 Å². The summed E-state index contributed by atoms with van der Waals surface area (Å²) < 4.78 is 3.67. The summed E-state index contributed by atoms with van der Waals surface area (Å²) in [6, 6.07) is 15.7. The normalized spacial score (nSPS) is 11.3. The standard InChI is InChI=1S/C24H26N6O4/c1-16(2)25-20(31)13-14-28-22(33)18-11-7-8-12-19(18)30-23(28)26-29(24(30)34)15-21(32)27(3)17-9-5-4-6-10-17/h4-12,16H,13-15H2,1-3H3,(H,25,31). The minimum Gasteiger partial charge on any atom is -0.354 e. The van der Waals surface area contributed by atoms with Crippen molar-refractivity contribution in [3.63, 3.8) is 0 Å². The van der Waals surface area contributed by atoms with Crippen molar-refractivity contribution in [2.24, 2.45) is 0 Å². The molecular formula is C24H26N6O4. The zero-order valence-corrected chi connectivity index (χ0v) is 19.3. The Kier molecular flexibility index (Phi) is 6.31. The predicted molar refractivity (Wildman–Crippen MR) is 129 cm³/mol. The number of aryl methyl sites for hydroxylation is 1. The Morgan fingerprint density at radius 3 is 2.41 bits per heavy atom. The lowest BCUT2D eigenvalue weighted by Gasteiger charge is -2.16. The lowest BCUT2D eigenvalue weighted by Crippen LogP contribution is -2.34. The molecule has 1 N–H and O–H groups in total. The van der Waals surface area contributed by atoms with Crippen LogP contribution in [-0.4, -0.2) is 43.7 Å². The molecule has 2 aromatic carbocycles. The highest BCUT2D eigenvalue weighted by molar-refractivity contribution is 5.92. The number of amides is 2. The minimum atomic E-state index is -0.540. The largest absolute Gasteiger partial charge is 0.354 e. The molecule has 0 radical (unpaired) electrons. The van der Waals surface area contributed by atoms with Gasteiger partial charge in [-0.1, -0.05) is 30.3 Å². The summed E-state index contributed by atoms with van der Waals surface area (Å²) in [6.45, 7) is 3.44. The van der Waals surface area contributed by atoms with Gasteiger partial charge >= 0.3 is 5.69 Å². The van der Waals surface area contributed by atoms with Crippen molar-refractivity contribution >= 4 is 34.2 Å². The number of nitrogens with zero attached hydrogens (tertiary/aromatic N) is 5. The van der Waals surface area contributed by atoms with Crippen LogP contribution in [0.4, 0.5) is 5.69 Å². The fourth-order valence-corrected chi connectivity index (χ4v) is 3.81. The average Bonchev–Trinajstić information content (AvgIpc) is 3.14. The molecule has 0 saturated carbocycles. The molecule has 10 nitrogen and oxygen atoms in total. The number of anilines is 1. The van der Waals surface area contributed by atoms with Gasteiger partial charge in [-0.25, -0.2) is 13.9 Å². The number of aromatic nitrogens is 4. The van der Waals surface area contributed by atoms with E-state index in [2.05, 4.69) is 10.4 Å². The molecule has 0 aliphatic carbocycles. The van der Waals surface area contributed by atoms with E-state index in [1.807, 2.05) is 32.0 Å². The molecule has 0 aliphatic rings. The second-order valence-electron chi connectivity index (χ2n) is 8.31. The molecule has 176 valence electrons. The number of likely N-dealkylation sites (N-methyl/N-ethyl adjacent to an activating group) is 1. The van der Waals surface area contributed by atoms with Crippen molar-refractivity contribution in [3.8, 4) is 0 Å². The summed E-state index contributed by atoms with van der Waals surface area (Å²) in [4.78, 5) is 53.0. The molecule has 0 aliphatic heterocycles. The first-order valence-corrected chi connectivity index (χ1v) is 11.0. The van der Waals surface area contributed by atoms with Crippen LogP contribution >= 0.6 is 0 Å². The van der Waals surface area contributed by atoms with Gasteiger partial charge in [-0.3, -0.25) is 19.0 Å². The molecular weight excluding hydrogens is 436 g/mol. The first-order chi connectivity index (χ1) is 16.3. The molecule has 34 heavy (non-hydrogen) atoms. The topological polar surface area (TPSA) is 111 Å². The fraction of sp³-hybridized carbons (Fsp3) is 0.292. The van der Waals surface area contributed by atoms with Crippen LogP contribution in [0.25, 0.3) is 16.7 Å². The number of nitrogens with one attached hydrogen (secondary N) is 1. The maximum Gasteiger partial charge on any atom is 0.352 e. The smallest absolute Gasteiger partial charge is 0.352 e. The summed E-state index contributed by atoms with van der Waals surface area (Å²) in [5.41, 5.74) is 0.181. The average molecular weight is 463 g/mol. The Hall–Kier alpha value is -4.21. The lowest BCUT2D eigenvalue weighted by molar-refractivity contribution is -0.122. The number of carbonyl (C=O) groups is 2. The molecule has 0 unspecified atom stereocenters. The van der Waals surface area contributed by atoms with Gasteiger partial charge in [0, 0.05) is 31.7 Å². The molecule has 0 spiro atoms. The molecule has 10 heteroatoms. The lowest BCUT2D eigenvalue weighted by atomic mass is 10.2. The first-order valence-electron chi connectivity index (χ1n) is 11.0. The summed E-state index contributed by atoms with van der Waals surface area (Å²) in [5.74, 6) is -0.470. The molecule has 2 amide bonds. The van der Waals surface area contributed by atoms with E-state index in [4.69, 9.17) is 0 Å². The third-order valence-electron chi connectivity index (χ3n) is 5.50. The number of rotatable bonds is 7. The molecule has 0 bridgehead atoms. The number of benzene rings is 2. The zero-order chi connectivity index (χ0) is 24.4. The van der Waals surface area contributed by atoms with Crippen molar-refractivity contribution in [2.75, 3.05) is 11.9 Å². The summed E-state index contributed by atoms with van der Waals surface area (Å²) in [7, 11) is 1.62. The van der Waals surface area contributed by atoms with Crippen molar-refractivity contribution in [3.05, 3.63) is 75.4 Å². The van der Waals surface area contributed by atoms with Gasteiger partial charge in [0.15, 0.2) is 0 Å². The van der Waals surface area contributed by atoms with E-state index in [1.165, 1.54) is 13.9 Å². The van der Waals surface area contributed by atoms with E-state index in [1.54, 1.807) is 43.4 Å². The zero-order valence-electron chi connectivity index (χ0n) is 19.3. The van der Waals surface area contributed by atoms with Gasteiger partial charge in [0.05, 0.1) is 10.9 Å². The van der Waals surface area contributed by atoms with E-state index in [0.29, 0.717) is 16.6 Å².